The maximum absolute atomic E-state index is 12.5. The molecule has 0 spiro atoms. The molecule has 9 nitrogen and oxygen atoms in total. The molecule has 0 saturated carbocycles. The molecule has 0 aromatic rings. The lowest BCUT2D eigenvalue weighted by atomic mass is 10.1. The Kier molecular flexibility index (Phi) is 35.2. The summed E-state index contributed by atoms with van der Waals surface area (Å²) < 4.78 is 32.6. The molecule has 0 amide bonds. The number of esters is 2. The molecule has 0 fully saturated rings. The normalized spacial score (nSPS) is 13.6. The summed E-state index contributed by atoms with van der Waals surface area (Å²) in [6.45, 7) is 3.69. The van der Waals surface area contributed by atoms with Crippen LogP contribution in [0.3, 0.4) is 0 Å². The van der Waals surface area contributed by atoms with Gasteiger partial charge in [0, 0.05) is 19.4 Å². The lowest BCUT2D eigenvalue weighted by Crippen LogP contribution is -2.29. The van der Waals surface area contributed by atoms with Crippen molar-refractivity contribution in [3.8, 4) is 0 Å². The van der Waals surface area contributed by atoms with Crippen molar-refractivity contribution in [1.82, 2.24) is 0 Å². The van der Waals surface area contributed by atoms with Gasteiger partial charge in [-0.05, 0) is 44.9 Å². The number of phosphoric acid groups is 1. The van der Waals surface area contributed by atoms with Gasteiger partial charge in [-0.2, -0.15) is 0 Å². The van der Waals surface area contributed by atoms with Crippen LogP contribution in [0.2, 0.25) is 0 Å². The van der Waals surface area contributed by atoms with Crippen LogP contribution in [-0.2, 0) is 32.7 Å². The first-order valence-corrected chi connectivity index (χ1v) is 21.3. The second-order valence-electron chi connectivity index (χ2n) is 13.2. The van der Waals surface area contributed by atoms with Crippen molar-refractivity contribution in [1.29, 1.82) is 0 Å². The number of carbonyl (C=O) groups excluding carboxylic acids is 2. The van der Waals surface area contributed by atoms with Crippen LogP contribution in [-0.4, -0.2) is 49.3 Å². The van der Waals surface area contributed by atoms with Crippen LogP contribution in [0.15, 0.2) is 24.3 Å². The Hall–Kier alpha value is -1.51. The summed E-state index contributed by atoms with van der Waals surface area (Å²) in [5.74, 6) is -0.835. The van der Waals surface area contributed by atoms with Crippen molar-refractivity contribution >= 4 is 19.8 Å². The molecule has 0 radical (unpaired) electrons. The highest BCUT2D eigenvalue weighted by atomic mass is 31.2. The Labute approximate surface area is 300 Å². The molecular formula is C39H74NO8P. The average Bonchev–Trinajstić information content (AvgIpc) is 3.08. The van der Waals surface area contributed by atoms with E-state index in [9.17, 15) is 19.0 Å². The molecule has 0 aromatic carbocycles. The van der Waals surface area contributed by atoms with E-state index in [-0.39, 0.29) is 38.6 Å². The predicted octanol–water partition coefficient (Wildman–Crippen LogP) is 10.8. The lowest BCUT2D eigenvalue weighted by molar-refractivity contribution is -0.161. The monoisotopic (exact) mass is 716 g/mol. The number of hydrogen-bond donors (Lipinski definition) is 2. The molecule has 0 aliphatic heterocycles. The molecule has 0 bridgehead atoms. The van der Waals surface area contributed by atoms with Crippen molar-refractivity contribution < 1.29 is 37.6 Å². The minimum atomic E-state index is -4.37. The van der Waals surface area contributed by atoms with Crippen molar-refractivity contribution in [3.05, 3.63) is 24.3 Å². The van der Waals surface area contributed by atoms with Gasteiger partial charge in [0.05, 0.1) is 13.2 Å². The predicted molar refractivity (Wildman–Crippen MR) is 201 cm³/mol. The highest BCUT2D eigenvalue weighted by molar-refractivity contribution is 7.47. The van der Waals surface area contributed by atoms with Crippen LogP contribution in [0.5, 0.6) is 0 Å². The van der Waals surface area contributed by atoms with Gasteiger partial charge in [0.2, 0.25) is 0 Å². The van der Waals surface area contributed by atoms with E-state index >= 15 is 0 Å². The molecule has 2 atom stereocenters. The van der Waals surface area contributed by atoms with Crippen LogP contribution >= 0.6 is 7.82 Å². The summed E-state index contributed by atoms with van der Waals surface area (Å²) in [5, 5.41) is 0. The van der Waals surface area contributed by atoms with Crippen molar-refractivity contribution in [3.63, 3.8) is 0 Å². The molecule has 1 unspecified atom stereocenters. The molecule has 0 aliphatic rings. The topological polar surface area (TPSA) is 134 Å². The van der Waals surface area contributed by atoms with Gasteiger partial charge in [-0.25, -0.2) is 4.57 Å². The van der Waals surface area contributed by atoms with E-state index in [1.54, 1.807) is 0 Å². The number of hydrogen-bond acceptors (Lipinski definition) is 8. The van der Waals surface area contributed by atoms with Gasteiger partial charge in [0.15, 0.2) is 6.10 Å². The Morgan fingerprint density at radius 1 is 0.612 bits per heavy atom. The first kappa shape index (κ1) is 47.5. The molecule has 0 saturated heterocycles. The van der Waals surface area contributed by atoms with Gasteiger partial charge in [-0.15, -0.1) is 0 Å². The third-order valence-corrected chi connectivity index (χ3v) is 9.32. The molecule has 0 rings (SSSR count). The average molecular weight is 716 g/mol. The second kappa shape index (κ2) is 36.3. The lowest BCUT2D eigenvalue weighted by Gasteiger charge is -2.19. The van der Waals surface area contributed by atoms with Crippen LogP contribution < -0.4 is 5.73 Å². The standard InChI is InChI=1S/C39H74NO8P/c1-3-5-7-9-11-13-15-16-17-18-19-20-22-23-25-27-29-31-38(41)45-35-37(36-47-49(43,44)46-34-33-40)48-39(42)32-30-28-26-24-21-14-12-10-8-6-4-2/h11,13,16-17,37H,3-10,12,14-15,18-36,40H2,1-2H3,(H,43,44)/t37-/m1/s1. The number of allylic oxidation sites excluding steroid dienone is 4. The van der Waals surface area contributed by atoms with Gasteiger partial charge in [-0.1, -0.05) is 147 Å². The van der Waals surface area contributed by atoms with E-state index in [4.69, 9.17) is 24.3 Å². The summed E-state index contributed by atoms with van der Waals surface area (Å²) in [6, 6.07) is 0. The number of unbranched alkanes of at least 4 members (excludes halogenated alkanes) is 20. The molecular weight excluding hydrogens is 641 g/mol. The number of phosphoric ester groups is 1. The SMILES string of the molecule is CCCCCC=CCC=CCCCCCCCCCC(=O)OC[C@H](COP(=O)(O)OCCN)OC(=O)CCCCCCCCCCCCC. The molecule has 3 N–H and O–H groups in total. The Balaban J connectivity index is 4.17. The summed E-state index contributed by atoms with van der Waals surface area (Å²) >= 11 is 0. The molecule has 49 heavy (non-hydrogen) atoms. The van der Waals surface area contributed by atoms with Crippen molar-refractivity contribution in [2.45, 2.75) is 187 Å². The van der Waals surface area contributed by atoms with E-state index in [0.717, 1.165) is 51.4 Å². The second-order valence-corrected chi connectivity index (χ2v) is 14.6. The third kappa shape index (κ3) is 36.1. The fraction of sp³-hybridized carbons (Fsp3) is 0.846. The van der Waals surface area contributed by atoms with E-state index < -0.39 is 26.5 Å². The first-order chi connectivity index (χ1) is 23.8. The van der Waals surface area contributed by atoms with Crippen molar-refractivity contribution in [2.75, 3.05) is 26.4 Å². The number of nitrogens with two attached hydrogens (primary N) is 1. The number of rotatable bonds is 37. The van der Waals surface area contributed by atoms with Crippen LogP contribution in [0, 0.1) is 0 Å². The summed E-state index contributed by atoms with van der Waals surface area (Å²) in [4.78, 5) is 34.7. The Morgan fingerprint density at radius 3 is 1.59 bits per heavy atom. The highest BCUT2D eigenvalue weighted by Crippen LogP contribution is 2.43. The van der Waals surface area contributed by atoms with E-state index in [1.165, 1.54) is 96.3 Å². The van der Waals surface area contributed by atoms with Crippen LogP contribution in [0.4, 0.5) is 0 Å². The largest absolute Gasteiger partial charge is 0.472 e. The zero-order valence-electron chi connectivity index (χ0n) is 31.4. The first-order valence-electron chi connectivity index (χ1n) is 19.8. The quantitative estimate of drug-likeness (QED) is 0.0279. The Bertz CT molecular complexity index is 866. The van der Waals surface area contributed by atoms with E-state index in [1.807, 2.05) is 0 Å². The van der Waals surface area contributed by atoms with Crippen molar-refractivity contribution in [2.24, 2.45) is 5.73 Å². The van der Waals surface area contributed by atoms with E-state index in [2.05, 4.69) is 38.2 Å². The van der Waals surface area contributed by atoms with Gasteiger partial charge < -0.3 is 20.1 Å². The maximum Gasteiger partial charge on any atom is 0.472 e. The van der Waals surface area contributed by atoms with E-state index in [0.29, 0.717) is 6.42 Å². The minimum Gasteiger partial charge on any atom is -0.462 e. The highest BCUT2D eigenvalue weighted by Gasteiger charge is 2.25. The van der Waals surface area contributed by atoms with Gasteiger partial charge in [0.1, 0.15) is 6.61 Å². The molecule has 288 valence electrons. The summed E-state index contributed by atoms with van der Waals surface area (Å²) in [6.07, 6.45) is 36.3. The Morgan fingerprint density at radius 2 is 1.06 bits per heavy atom. The molecule has 0 aromatic heterocycles. The van der Waals surface area contributed by atoms with Gasteiger partial charge >= 0.3 is 19.8 Å². The maximum atomic E-state index is 12.5. The fourth-order valence-corrected chi connectivity index (χ4v) is 6.13. The zero-order valence-corrected chi connectivity index (χ0v) is 32.3. The zero-order chi connectivity index (χ0) is 36.1. The summed E-state index contributed by atoms with van der Waals surface area (Å²) in [7, 11) is -4.37. The number of ether oxygens (including phenoxy) is 2. The molecule has 0 heterocycles. The smallest absolute Gasteiger partial charge is 0.462 e. The molecule has 0 aliphatic carbocycles. The third-order valence-electron chi connectivity index (χ3n) is 8.34. The number of carbonyl (C=O) groups is 2. The fourth-order valence-electron chi connectivity index (χ4n) is 5.37. The van der Waals surface area contributed by atoms with Crippen LogP contribution in [0.25, 0.3) is 0 Å². The van der Waals surface area contributed by atoms with Gasteiger partial charge in [0.25, 0.3) is 0 Å². The molecule has 10 heteroatoms. The minimum absolute atomic E-state index is 0.0536. The van der Waals surface area contributed by atoms with Crippen LogP contribution in [0.1, 0.15) is 181 Å². The van der Waals surface area contributed by atoms with Gasteiger partial charge in [-0.3, -0.25) is 18.6 Å². The summed E-state index contributed by atoms with van der Waals surface area (Å²) in [5.41, 5.74) is 5.33.